The molecule has 2 heteroatoms. The lowest BCUT2D eigenvalue weighted by Crippen LogP contribution is -2.47. The van der Waals surface area contributed by atoms with Gasteiger partial charge in [-0.3, -0.25) is 4.79 Å². The average molecular weight is 196 g/mol. The lowest BCUT2D eigenvalue weighted by molar-refractivity contribution is -0.155. The predicted molar refractivity (Wildman–Crippen MR) is 57.1 cm³/mol. The highest BCUT2D eigenvalue weighted by Gasteiger charge is 2.53. The third-order valence-electron chi connectivity index (χ3n) is 3.93. The number of rotatable bonds is 2. The molecule has 0 aliphatic heterocycles. The van der Waals surface area contributed by atoms with Crippen molar-refractivity contribution in [3.8, 4) is 0 Å². The third kappa shape index (κ3) is 1.28. The van der Waals surface area contributed by atoms with Crippen molar-refractivity contribution in [2.24, 2.45) is 10.8 Å². The first-order valence-corrected chi connectivity index (χ1v) is 5.30. The Morgan fingerprint density at radius 1 is 1.57 bits per heavy atom. The fraction of sp³-hybridized carbons (Fsp3) is 0.750. The summed E-state index contributed by atoms with van der Waals surface area (Å²) >= 11 is 0. The van der Waals surface area contributed by atoms with E-state index in [0.717, 1.165) is 24.8 Å². The van der Waals surface area contributed by atoms with E-state index in [1.54, 1.807) is 0 Å². The SMILES string of the molecule is C=C1CCCC(C)(C)C1(CC)C(=O)O. The molecule has 0 saturated heterocycles. The van der Waals surface area contributed by atoms with Gasteiger partial charge < -0.3 is 5.11 Å². The zero-order valence-electron chi connectivity index (χ0n) is 9.39. The zero-order chi connectivity index (χ0) is 11.0. The molecule has 1 rings (SSSR count). The lowest BCUT2D eigenvalue weighted by atomic mass is 9.54. The van der Waals surface area contributed by atoms with Gasteiger partial charge in [-0.1, -0.05) is 32.9 Å². The molecule has 0 amide bonds. The second-order valence-corrected chi connectivity index (χ2v) is 4.91. The molecule has 14 heavy (non-hydrogen) atoms. The molecule has 1 fully saturated rings. The van der Waals surface area contributed by atoms with Gasteiger partial charge >= 0.3 is 5.97 Å². The summed E-state index contributed by atoms with van der Waals surface area (Å²) < 4.78 is 0. The van der Waals surface area contributed by atoms with Crippen molar-refractivity contribution in [3.05, 3.63) is 12.2 Å². The highest BCUT2D eigenvalue weighted by Crippen LogP contribution is 2.54. The largest absolute Gasteiger partial charge is 0.481 e. The molecule has 1 saturated carbocycles. The van der Waals surface area contributed by atoms with E-state index in [2.05, 4.69) is 20.4 Å². The molecule has 0 radical (unpaired) electrons. The van der Waals surface area contributed by atoms with Gasteiger partial charge in [0.2, 0.25) is 0 Å². The highest BCUT2D eigenvalue weighted by atomic mass is 16.4. The Hall–Kier alpha value is -0.790. The highest BCUT2D eigenvalue weighted by molar-refractivity contribution is 5.80. The van der Waals surface area contributed by atoms with Crippen LogP contribution in [0.5, 0.6) is 0 Å². The fourth-order valence-corrected chi connectivity index (χ4v) is 2.97. The summed E-state index contributed by atoms with van der Waals surface area (Å²) in [4.78, 5) is 11.5. The van der Waals surface area contributed by atoms with E-state index in [9.17, 15) is 9.90 Å². The molecule has 2 nitrogen and oxygen atoms in total. The van der Waals surface area contributed by atoms with Crippen LogP contribution in [0.25, 0.3) is 0 Å². The first-order chi connectivity index (χ1) is 6.38. The van der Waals surface area contributed by atoms with Crippen LogP contribution < -0.4 is 0 Å². The molecular formula is C12H20O2. The molecule has 0 aromatic heterocycles. The summed E-state index contributed by atoms with van der Waals surface area (Å²) in [7, 11) is 0. The first-order valence-electron chi connectivity index (χ1n) is 5.30. The minimum atomic E-state index is -0.703. The Balaban J connectivity index is 3.21. The van der Waals surface area contributed by atoms with Crippen LogP contribution in [0.1, 0.15) is 46.5 Å². The van der Waals surface area contributed by atoms with Gasteiger partial charge in [0.05, 0.1) is 5.41 Å². The van der Waals surface area contributed by atoms with Gasteiger partial charge in [0, 0.05) is 0 Å². The molecule has 0 spiro atoms. The van der Waals surface area contributed by atoms with Gasteiger partial charge in [-0.15, -0.1) is 0 Å². The smallest absolute Gasteiger partial charge is 0.314 e. The Morgan fingerprint density at radius 3 is 2.43 bits per heavy atom. The van der Waals surface area contributed by atoms with Crippen molar-refractivity contribution in [2.45, 2.75) is 46.5 Å². The minimum absolute atomic E-state index is 0.164. The van der Waals surface area contributed by atoms with Gasteiger partial charge in [-0.25, -0.2) is 0 Å². The molecule has 0 aromatic rings. The zero-order valence-corrected chi connectivity index (χ0v) is 9.39. The molecule has 0 heterocycles. The van der Waals surface area contributed by atoms with Crippen LogP contribution in [-0.4, -0.2) is 11.1 Å². The monoisotopic (exact) mass is 196 g/mol. The van der Waals surface area contributed by atoms with Crippen LogP contribution in [0.15, 0.2) is 12.2 Å². The van der Waals surface area contributed by atoms with Crippen molar-refractivity contribution in [2.75, 3.05) is 0 Å². The molecule has 0 bridgehead atoms. The van der Waals surface area contributed by atoms with E-state index in [-0.39, 0.29) is 5.41 Å². The van der Waals surface area contributed by atoms with Crippen LogP contribution in [-0.2, 0) is 4.79 Å². The maximum Gasteiger partial charge on any atom is 0.314 e. The summed E-state index contributed by atoms with van der Waals surface area (Å²) in [5.41, 5.74) is 0.0394. The molecule has 0 aromatic carbocycles. The number of aliphatic carboxylic acids is 1. The van der Waals surface area contributed by atoms with E-state index in [4.69, 9.17) is 0 Å². The third-order valence-corrected chi connectivity index (χ3v) is 3.93. The Morgan fingerprint density at radius 2 is 2.14 bits per heavy atom. The van der Waals surface area contributed by atoms with Crippen LogP contribution in [0.3, 0.4) is 0 Å². The molecular weight excluding hydrogens is 176 g/mol. The molecule has 1 unspecified atom stereocenters. The number of hydrogen-bond acceptors (Lipinski definition) is 1. The molecule has 80 valence electrons. The van der Waals surface area contributed by atoms with E-state index in [1.165, 1.54) is 0 Å². The van der Waals surface area contributed by atoms with E-state index < -0.39 is 11.4 Å². The van der Waals surface area contributed by atoms with Gasteiger partial charge in [0.15, 0.2) is 0 Å². The first kappa shape index (κ1) is 11.3. The van der Waals surface area contributed by atoms with Gasteiger partial charge in [-0.05, 0) is 31.1 Å². The quantitative estimate of drug-likeness (QED) is 0.688. The lowest BCUT2D eigenvalue weighted by Gasteiger charge is -2.48. The molecule has 1 N–H and O–H groups in total. The molecule has 1 atom stereocenters. The van der Waals surface area contributed by atoms with E-state index in [0.29, 0.717) is 6.42 Å². The fourth-order valence-electron chi connectivity index (χ4n) is 2.97. The summed E-state index contributed by atoms with van der Waals surface area (Å²) in [5, 5.41) is 9.43. The van der Waals surface area contributed by atoms with Gasteiger partial charge in [0.25, 0.3) is 0 Å². The topological polar surface area (TPSA) is 37.3 Å². The number of carbonyl (C=O) groups is 1. The minimum Gasteiger partial charge on any atom is -0.481 e. The predicted octanol–water partition coefficient (Wildman–Crippen LogP) is 3.23. The number of carboxylic acids is 1. The van der Waals surface area contributed by atoms with Crippen LogP contribution in [0.4, 0.5) is 0 Å². The van der Waals surface area contributed by atoms with E-state index >= 15 is 0 Å². The number of hydrogen-bond donors (Lipinski definition) is 1. The molecule has 1 aliphatic carbocycles. The van der Waals surface area contributed by atoms with Crippen molar-refractivity contribution in [3.63, 3.8) is 0 Å². The second kappa shape index (κ2) is 3.41. The summed E-state index contributed by atoms with van der Waals surface area (Å²) in [6, 6.07) is 0. The van der Waals surface area contributed by atoms with E-state index in [1.807, 2.05) is 6.92 Å². The van der Waals surface area contributed by atoms with Crippen molar-refractivity contribution >= 4 is 5.97 Å². The Kier molecular flexibility index (Phi) is 2.75. The van der Waals surface area contributed by atoms with Crippen molar-refractivity contribution in [1.29, 1.82) is 0 Å². The van der Waals surface area contributed by atoms with Crippen molar-refractivity contribution in [1.82, 2.24) is 0 Å². The normalized spacial score (nSPS) is 31.5. The van der Waals surface area contributed by atoms with Gasteiger partial charge in [-0.2, -0.15) is 0 Å². The molecule has 1 aliphatic rings. The van der Waals surface area contributed by atoms with Crippen LogP contribution >= 0.6 is 0 Å². The Bertz CT molecular complexity index is 265. The standard InChI is InChI=1S/C12H20O2/c1-5-12(10(13)14)9(2)7-6-8-11(12,3)4/h2,5-8H2,1,3-4H3,(H,13,14). The Labute approximate surface area is 86.0 Å². The van der Waals surface area contributed by atoms with Gasteiger partial charge in [0.1, 0.15) is 0 Å². The average Bonchev–Trinajstić information content (AvgIpc) is 2.03. The van der Waals surface area contributed by atoms with Crippen LogP contribution in [0, 0.1) is 10.8 Å². The summed E-state index contributed by atoms with van der Waals surface area (Å²) in [5.74, 6) is -0.699. The van der Waals surface area contributed by atoms with Crippen LogP contribution in [0.2, 0.25) is 0 Å². The number of carboxylic acid groups (broad SMARTS) is 1. The maximum absolute atomic E-state index is 11.5. The summed E-state index contributed by atoms with van der Waals surface area (Å²) in [6.45, 7) is 10.0. The maximum atomic E-state index is 11.5. The summed E-state index contributed by atoms with van der Waals surface area (Å²) in [6.07, 6.45) is 3.56. The van der Waals surface area contributed by atoms with Crippen molar-refractivity contribution < 1.29 is 9.90 Å². The second-order valence-electron chi connectivity index (χ2n) is 4.91.